The van der Waals surface area contributed by atoms with Crippen molar-refractivity contribution in [1.82, 2.24) is 4.90 Å². The quantitative estimate of drug-likeness (QED) is 0.826. The summed E-state index contributed by atoms with van der Waals surface area (Å²) in [6, 6.07) is 6.72. The monoisotopic (exact) mass is 269 g/mol. The highest BCUT2D eigenvalue weighted by atomic mass is 35.5. The first-order chi connectivity index (χ1) is 8.50. The van der Waals surface area contributed by atoms with Crippen LogP contribution in [0.5, 0.6) is 0 Å². The average Bonchev–Trinajstić information content (AvgIpc) is 3.13. The van der Waals surface area contributed by atoms with E-state index in [-0.39, 0.29) is 12.5 Å². The van der Waals surface area contributed by atoms with Crippen molar-refractivity contribution in [3.63, 3.8) is 0 Å². The van der Waals surface area contributed by atoms with E-state index >= 15 is 0 Å². The highest BCUT2D eigenvalue weighted by Crippen LogP contribution is 2.41. The number of benzene rings is 1. The van der Waals surface area contributed by atoms with E-state index in [0.717, 1.165) is 17.7 Å². The smallest absolute Gasteiger partial charge is 0.410 e. The average molecular weight is 270 g/mol. The van der Waals surface area contributed by atoms with Gasteiger partial charge in [0.05, 0.1) is 0 Å². The van der Waals surface area contributed by atoms with Gasteiger partial charge in [0.2, 0.25) is 0 Å². The van der Waals surface area contributed by atoms with Crippen LogP contribution in [-0.2, 0) is 5.72 Å². The molecule has 1 amide bonds. The summed E-state index contributed by atoms with van der Waals surface area (Å²) >= 11 is 6.08. The predicted molar refractivity (Wildman–Crippen MR) is 68.5 cm³/mol. The molecular weight excluding hydrogens is 254 g/mol. The summed E-state index contributed by atoms with van der Waals surface area (Å²) in [5.74, 6) is 0. The van der Waals surface area contributed by atoms with E-state index in [1.165, 1.54) is 0 Å². The molecule has 0 aliphatic heterocycles. The predicted octanol–water partition coefficient (Wildman–Crippen LogP) is 3.04. The third-order valence-corrected chi connectivity index (χ3v) is 3.64. The lowest BCUT2D eigenvalue weighted by Crippen LogP contribution is -2.50. The van der Waals surface area contributed by atoms with E-state index in [1.54, 1.807) is 31.2 Å². The van der Waals surface area contributed by atoms with Crippen LogP contribution in [0.15, 0.2) is 24.3 Å². The van der Waals surface area contributed by atoms with Crippen LogP contribution in [0.1, 0.15) is 31.7 Å². The summed E-state index contributed by atoms with van der Waals surface area (Å²) < 4.78 is 0. The maximum atomic E-state index is 11.4. The molecule has 1 saturated carbocycles. The van der Waals surface area contributed by atoms with Gasteiger partial charge in [-0.3, -0.25) is 4.90 Å². The number of amides is 1. The molecule has 0 bridgehead atoms. The fraction of sp³-hybridized carbons (Fsp3) is 0.462. The third kappa shape index (κ3) is 2.18. The first kappa shape index (κ1) is 13.2. The van der Waals surface area contributed by atoms with Gasteiger partial charge in [0.25, 0.3) is 0 Å². The summed E-state index contributed by atoms with van der Waals surface area (Å²) in [5.41, 5.74) is -1.10. The normalized spacial score (nSPS) is 18.2. The molecule has 0 aromatic heterocycles. The SMILES string of the molecule is CC[C@](O)(c1ccccc1Cl)N(C(=O)O)C1CC1. The minimum atomic E-state index is -1.55. The molecule has 4 nitrogen and oxygen atoms in total. The van der Waals surface area contributed by atoms with Crippen LogP contribution in [-0.4, -0.2) is 27.2 Å². The number of nitrogens with zero attached hydrogens (tertiary/aromatic N) is 1. The molecule has 0 spiro atoms. The Hall–Kier alpha value is -1.26. The number of rotatable bonds is 4. The van der Waals surface area contributed by atoms with Crippen molar-refractivity contribution < 1.29 is 15.0 Å². The number of halogens is 1. The van der Waals surface area contributed by atoms with E-state index in [4.69, 9.17) is 11.6 Å². The minimum Gasteiger partial charge on any atom is -0.465 e. The minimum absolute atomic E-state index is 0.108. The zero-order chi connectivity index (χ0) is 13.3. The Balaban J connectivity index is 2.46. The van der Waals surface area contributed by atoms with Crippen LogP contribution in [0.4, 0.5) is 4.79 Å². The van der Waals surface area contributed by atoms with E-state index in [0.29, 0.717) is 10.6 Å². The number of hydrogen-bond acceptors (Lipinski definition) is 2. The van der Waals surface area contributed by atoms with E-state index < -0.39 is 11.8 Å². The van der Waals surface area contributed by atoms with Gasteiger partial charge in [-0.2, -0.15) is 0 Å². The molecule has 2 N–H and O–H groups in total. The largest absolute Gasteiger partial charge is 0.465 e. The molecule has 0 radical (unpaired) electrons. The summed E-state index contributed by atoms with van der Waals surface area (Å²) in [4.78, 5) is 12.5. The molecule has 0 unspecified atom stereocenters. The molecule has 2 rings (SSSR count). The Morgan fingerprint density at radius 2 is 2.11 bits per heavy atom. The molecule has 1 fully saturated rings. The van der Waals surface area contributed by atoms with Gasteiger partial charge in [-0.15, -0.1) is 0 Å². The Labute approximate surface area is 111 Å². The van der Waals surface area contributed by atoms with Gasteiger partial charge >= 0.3 is 6.09 Å². The zero-order valence-corrected chi connectivity index (χ0v) is 10.9. The molecule has 1 atom stereocenters. The van der Waals surface area contributed by atoms with Gasteiger partial charge in [0.15, 0.2) is 5.72 Å². The van der Waals surface area contributed by atoms with E-state index in [9.17, 15) is 15.0 Å². The summed E-state index contributed by atoms with van der Waals surface area (Å²) in [5, 5.41) is 20.5. The molecular formula is C13H16ClNO3. The second kappa shape index (κ2) is 4.78. The van der Waals surface area contributed by atoms with Crippen molar-refractivity contribution in [1.29, 1.82) is 0 Å². The van der Waals surface area contributed by atoms with Crippen LogP contribution < -0.4 is 0 Å². The van der Waals surface area contributed by atoms with Crippen molar-refractivity contribution in [3.05, 3.63) is 34.9 Å². The summed E-state index contributed by atoms with van der Waals surface area (Å²) in [6.45, 7) is 1.75. The molecule has 1 aliphatic carbocycles. The van der Waals surface area contributed by atoms with Crippen LogP contribution in [0, 0.1) is 0 Å². The van der Waals surface area contributed by atoms with Crippen molar-refractivity contribution in [2.24, 2.45) is 0 Å². The first-order valence-electron chi connectivity index (χ1n) is 6.00. The Bertz CT molecular complexity index is 461. The molecule has 98 valence electrons. The van der Waals surface area contributed by atoms with Gasteiger partial charge in [-0.25, -0.2) is 4.79 Å². The fourth-order valence-electron chi connectivity index (χ4n) is 2.23. The van der Waals surface area contributed by atoms with Gasteiger partial charge in [-0.05, 0) is 25.3 Å². The lowest BCUT2D eigenvalue weighted by atomic mass is 9.98. The van der Waals surface area contributed by atoms with Gasteiger partial charge < -0.3 is 10.2 Å². The van der Waals surface area contributed by atoms with Crippen molar-refractivity contribution in [2.45, 2.75) is 38.0 Å². The molecule has 1 aliphatic rings. The standard InChI is InChI=1S/C13H16ClNO3/c1-2-13(18,10-5-3-4-6-11(10)14)15(12(16)17)9-7-8-9/h3-6,9,18H,2,7-8H2,1H3,(H,16,17)/t13-/m0/s1. The van der Waals surface area contributed by atoms with E-state index in [2.05, 4.69) is 0 Å². The van der Waals surface area contributed by atoms with Crippen LogP contribution in [0.2, 0.25) is 5.02 Å². The lowest BCUT2D eigenvalue weighted by molar-refractivity contribution is -0.106. The molecule has 18 heavy (non-hydrogen) atoms. The molecule has 5 heteroatoms. The Morgan fingerprint density at radius 1 is 1.50 bits per heavy atom. The molecule has 0 heterocycles. The molecule has 1 aromatic carbocycles. The van der Waals surface area contributed by atoms with Crippen molar-refractivity contribution in [3.8, 4) is 0 Å². The molecule has 1 aromatic rings. The number of aliphatic hydroxyl groups is 1. The number of carbonyl (C=O) groups is 1. The fourth-order valence-corrected chi connectivity index (χ4v) is 2.51. The zero-order valence-electron chi connectivity index (χ0n) is 10.1. The van der Waals surface area contributed by atoms with Crippen LogP contribution in [0.25, 0.3) is 0 Å². The second-order valence-corrected chi connectivity index (χ2v) is 4.94. The highest BCUT2D eigenvalue weighted by Gasteiger charge is 2.47. The van der Waals surface area contributed by atoms with E-state index in [1.807, 2.05) is 0 Å². The summed E-state index contributed by atoms with van der Waals surface area (Å²) in [6.07, 6.45) is 0.735. The van der Waals surface area contributed by atoms with Gasteiger partial charge in [0, 0.05) is 16.6 Å². The van der Waals surface area contributed by atoms with Gasteiger partial charge in [0.1, 0.15) is 0 Å². The van der Waals surface area contributed by atoms with Crippen molar-refractivity contribution >= 4 is 17.7 Å². The Kier molecular flexibility index (Phi) is 3.50. The first-order valence-corrected chi connectivity index (χ1v) is 6.38. The van der Waals surface area contributed by atoms with Crippen LogP contribution in [0.3, 0.4) is 0 Å². The highest BCUT2D eigenvalue weighted by molar-refractivity contribution is 6.31. The third-order valence-electron chi connectivity index (χ3n) is 3.31. The number of carboxylic acid groups (broad SMARTS) is 1. The number of hydrogen-bond donors (Lipinski definition) is 2. The lowest BCUT2D eigenvalue weighted by Gasteiger charge is -2.38. The van der Waals surface area contributed by atoms with Gasteiger partial charge in [-0.1, -0.05) is 36.7 Å². The van der Waals surface area contributed by atoms with Crippen molar-refractivity contribution in [2.75, 3.05) is 0 Å². The Morgan fingerprint density at radius 3 is 2.56 bits per heavy atom. The van der Waals surface area contributed by atoms with Crippen LogP contribution >= 0.6 is 11.6 Å². The summed E-state index contributed by atoms with van der Waals surface area (Å²) in [7, 11) is 0. The topological polar surface area (TPSA) is 60.8 Å². The maximum Gasteiger partial charge on any atom is 0.410 e. The molecule has 0 saturated heterocycles. The maximum absolute atomic E-state index is 11.4. The second-order valence-electron chi connectivity index (χ2n) is 4.53.